The van der Waals surface area contributed by atoms with Crippen molar-refractivity contribution in [2.75, 3.05) is 19.6 Å². The van der Waals surface area contributed by atoms with E-state index in [4.69, 9.17) is 4.74 Å². The summed E-state index contributed by atoms with van der Waals surface area (Å²) in [6.07, 6.45) is 2.01. The van der Waals surface area contributed by atoms with E-state index in [0.29, 0.717) is 6.42 Å². The van der Waals surface area contributed by atoms with Crippen molar-refractivity contribution >= 4 is 18.4 Å². The Balaban J connectivity index is 0.00000261. The summed E-state index contributed by atoms with van der Waals surface area (Å²) in [5.74, 6) is 6.33. The highest BCUT2D eigenvalue weighted by Crippen LogP contribution is 2.37. The molecule has 0 radical (unpaired) electrons. The van der Waals surface area contributed by atoms with E-state index in [2.05, 4.69) is 28.9 Å². The molecule has 3 rings (SSSR count). The van der Waals surface area contributed by atoms with Crippen molar-refractivity contribution in [2.24, 2.45) is 0 Å². The molecule has 1 saturated heterocycles. The maximum Gasteiger partial charge on any atom is 0.306 e. The van der Waals surface area contributed by atoms with Gasteiger partial charge in [0.15, 0.2) is 0 Å². The highest BCUT2D eigenvalue weighted by molar-refractivity contribution is 5.85. The molecule has 1 fully saturated rings. The second-order valence-electron chi connectivity index (χ2n) is 6.63. The standard InChI is InChI=1S/C23H25NO2.ClH/c1-2-22(25)26-23(21-13-7-4-8-14-21)15-18-24(19-16-23)17-9-12-20-10-5-3-6-11-20;/h3-8,10-11,13-14H,2,15-19H2,1H3;1H. The lowest BCUT2D eigenvalue weighted by atomic mass is 9.84. The number of esters is 1. The largest absolute Gasteiger partial charge is 0.454 e. The molecule has 0 N–H and O–H groups in total. The minimum atomic E-state index is -0.502. The molecule has 2 aromatic rings. The van der Waals surface area contributed by atoms with Gasteiger partial charge in [-0.2, -0.15) is 0 Å². The van der Waals surface area contributed by atoms with Gasteiger partial charge in [-0.15, -0.1) is 12.4 Å². The van der Waals surface area contributed by atoms with E-state index in [1.165, 1.54) is 0 Å². The Morgan fingerprint density at radius 3 is 2.22 bits per heavy atom. The Morgan fingerprint density at radius 2 is 1.63 bits per heavy atom. The molecule has 0 bridgehead atoms. The molecule has 0 aliphatic carbocycles. The van der Waals surface area contributed by atoms with Gasteiger partial charge < -0.3 is 4.74 Å². The average Bonchev–Trinajstić information content (AvgIpc) is 2.71. The van der Waals surface area contributed by atoms with Crippen LogP contribution in [-0.2, 0) is 15.1 Å². The van der Waals surface area contributed by atoms with Gasteiger partial charge >= 0.3 is 5.97 Å². The molecule has 1 aliphatic rings. The van der Waals surface area contributed by atoms with Crippen molar-refractivity contribution in [2.45, 2.75) is 31.8 Å². The monoisotopic (exact) mass is 383 g/mol. The van der Waals surface area contributed by atoms with Crippen molar-refractivity contribution in [3.8, 4) is 11.8 Å². The van der Waals surface area contributed by atoms with Crippen LogP contribution < -0.4 is 0 Å². The van der Waals surface area contributed by atoms with Gasteiger partial charge in [0.2, 0.25) is 0 Å². The molecule has 0 spiro atoms. The fourth-order valence-corrected chi connectivity index (χ4v) is 3.33. The Bertz CT molecular complexity index is 772. The SMILES string of the molecule is CCC(=O)OC1(c2ccccc2)CCN(CC#Cc2ccccc2)CC1.Cl. The summed E-state index contributed by atoms with van der Waals surface area (Å²) in [6, 6.07) is 20.2. The topological polar surface area (TPSA) is 29.5 Å². The smallest absolute Gasteiger partial charge is 0.306 e. The number of halogens is 1. The van der Waals surface area contributed by atoms with E-state index in [1.54, 1.807) is 0 Å². The number of hydrogen-bond donors (Lipinski definition) is 0. The number of likely N-dealkylation sites (tertiary alicyclic amines) is 1. The first kappa shape index (κ1) is 21.0. The molecule has 0 atom stereocenters. The summed E-state index contributed by atoms with van der Waals surface area (Å²) in [5.41, 5.74) is 1.63. The second-order valence-corrected chi connectivity index (χ2v) is 6.63. The van der Waals surface area contributed by atoms with Crippen LogP contribution >= 0.6 is 12.4 Å². The van der Waals surface area contributed by atoms with Crippen molar-refractivity contribution < 1.29 is 9.53 Å². The summed E-state index contributed by atoms with van der Waals surface area (Å²) in [4.78, 5) is 14.3. The molecule has 1 aliphatic heterocycles. The number of carbonyl (C=O) groups is 1. The quantitative estimate of drug-likeness (QED) is 0.578. The summed E-state index contributed by atoms with van der Waals surface area (Å²) < 4.78 is 5.93. The van der Waals surface area contributed by atoms with Crippen LogP contribution in [0.15, 0.2) is 60.7 Å². The van der Waals surface area contributed by atoms with Crippen LogP contribution in [0.4, 0.5) is 0 Å². The molecular formula is C23H26ClNO2. The van der Waals surface area contributed by atoms with Crippen LogP contribution in [0.1, 0.15) is 37.3 Å². The fraction of sp³-hybridized carbons (Fsp3) is 0.348. The lowest BCUT2D eigenvalue weighted by Crippen LogP contribution is -2.45. The average molecular weight is 384 g/mol. The zero-order valence-corrected chi connectivity index (χ0v) is 16.5. The molecule has 27 heavy (non-hydrogen) atoms. The predicted molar refractivity (Wildman–Crippen MR) is 111 cm³/mol. The van der Waals surface area contributed by atoms with Crippen LogP contribution in [0.2, 0.25) is 0 Å². The lowest BCUT2D eigenvalue weighted by Gasteiger charge is -2.41. The lowest BCUT2D eigenvalue weighted by molar-refractivity contribution is -0.166. The number of nitrogens with zero attached hydrogens (tertiary/aromatic N) is 1. The molecular weight excluding hydrogens is 358 g/mol. The highest BCUT2D eigenvalue weighted by atomic mass is 35.5. The summed E-state index contributed by atoms with van der Waals surface area (Å²) in [5, 5.41) is 0. The van der Waals surface area contributed by atoms with Crippen molar-refractivity contribution in [3.05, 3.63) is 71.8 Å². The fourth-order valence-electron chi connectivity index (χ4n) is 3.33. The van der Waals surface area contributed by atoms with Crippen LogP contribution in [0, 0.1) is 11.8 Å². The maximum absolute atomic E-state index is 12.0. The normalized spacial score (nSPS) is 15.7. The van der Waals surface area contributed by atoms with Crippen LogP contribution in [0.25, 0.3) is 0 Å². The van der Waals surface area contributed by atoms with Gasteiger partial charge in [0.05, 0.1) is 6.54 Å². The summed E-state index contributed by atoms with van der Waals surface area (Å²) >= 11 is 0. The van der Waals surface area contributed by atoms with Gasteiger partial charge in [-0.25, -0.2) is 0 Å². The third kappa shape index (κ3) is 5.60. The molecule has 2 aromatic carbocycles. The zero-order chi connectivity index (χ0) is 18.2. The van der Waals surface area contributed by atoms with Gasteiger partial charge in [0, 0.05) is 37.9 Å². The third-order valence-corrected chi connectivity index (χ3v) is 4.87. The Morgan fingerprint density at radius 1 is 1.04 bits per heavy atom. The van der Waals surface area contributed by atoms with E-state index < -0.39 is 5.60 Å². The van der Waals surface area contributed by atoms with E-state index in [-0.39, 0.29) is 18.4 Å². The zero-order valence-electron chi connectivity index (χ0n) is 15.7. The molecule has 0 amide bonds. The predicted octanol–water partition coefficient (Wildman–Crippen LogP) is 4.40. The van der Waals surface area contributed by atoms with Gasteiger partial charge in [-0.05, 0) is 17.7 Å². The van der Waals surface area contributed by atoms with Gasteiger partial charge in [0.1, 0.15) is 5.60 Å². The number of piperidine rings is 1. The molecule has 142 valence electrons. The first-order valence-electron chi connectivity index (χ1n) is 9.25. The number of hydrogen-bond acceptors (Lipinski definition) is 3. The van der Waals surface area contributed by atoms with Crippen LogP contribution in [0.3, 0.4) is 0 Å². The molecule has 0 aromatic heterocycles. The van der Waals surface area contributed by atoms with E-state index >= 15 is 0 Å². The third-order valence-electron chi connectivity index (χ3n) is 4.87. The van der Waals surface area contributed by atoms with E-state index in [9.17, 15) is 4.79 Å². The van der Waals surface area contributed by atoms with Gasteiger partial charge in [-0.1, -0.05) is 67.3 Å². The minimum absolute atomic E-state index is 0. The van der Waals surface area contributed by atoms with Crippen LogP contribution in [-0.4, -0.2) is 30.5 Å². The molecule has 0 saturated carbocycles. The molecule has 1 heterocycles. The number of rotatable bonds is 4. The minimum Gasteiger partial charge on any atom is -0.454 e. The number of ether oxygens (including phenoxy) is 1. The molecule has 0 unspecified atom stereocenters. The van der Waals surface area contributed by atoms with Gasteiger partial charge in [0.25, 0.3) is 0 Å². The van der Waals surface area contributed by atoms with Gasteiger partial charge in [-0.3, -0.25) is 9.69 Å². The van der Waals surface area contributed by atoms with Crippen molar-refractivity contribution in [1.82, 2.24) is 4.90 Å². The summed E-state index contributed by atoms with van der Waals surface area (Å²) in [6.45, 7) is 4.32. The number of carbonyl (C=O) groups excluding carboxylic acids is 1. The summed E-state index contributed by atoms with van der Waals surface area (Å²) in [7, 11) is 0. The highest BCUT2D eigenvalue weighted by Gasteiger charge is 2.39. The Hall–Kier alpha value is -2.28. The van der Waals surface area contributed by atoms with Crippen molar-refractivity contribution in [3.63, 3.8) is 0 Å². The first-order valence-corrected chi connectivity index (χ1v) is 9.25. The van der Waals surface area contributed by atoms with E-state index in [0.717, 1.165) is 43.6 Å². The first-order chi connectivity index (χ1) is 12.7. The van der Waals surface area contributed by atoms with Crippen LogP contribution in [0.5, 0.6) is 0 Å². The Kier molecular flexibility index (Phi) is 7.91. The maximum atomic E-state index is 12.0. The molecule has 3 nitrogen and oxygen atoms in total. The van der Waals surface area contributed by atoms with Crippen molar-refractivity contribution in [1.29, 1.82) is 0 Å². The Labute approximate surface area is 168 Å². The molecule has 4 heteroatoms. The van der Waals surface area contributed by atoms with E-state index in [1.807, 2.05) is 55.5 Å². The number of benzene rings is 2. The second kappa shape index (κ2) is 10.2.